The van der Waals surface area contributed by atoms with Crippen LogP contribution in [0.2, 0.25) is 0 Å². The number of halogens is 2. The molecule has 1 aromatic heterocycles. The maximum Gasteiger partial charge on any atom is 0.261 e. The van der Waals surface area contributed by atoms with Crippen LogP contribution in [-0.2, 0) is 15.7 Å². The number of hydrogen-bond donors (Lipinski definition) is 0. The van der Waals surface area contributed by atoms with Crippen molar-refractivity contribution in [1.29, 1.82) is 0 Å². The molecular formula is C12H9ClINO3S. The second-order valence-corrected chi connectivity index (χ2v) is 7.35. The van der Waals surface area contributed by atoms with Crippen LogP contribution in [0, 0.1) is 3.70 Å². The number of rotatable bonds is 4. The topological polar surface area (TPSA) is 56.3 Å². The van der Waals surface area contributed by atoms with Gasteiger partial charge in [0.05, 0.1) is 4.90 Å². The third-order valence-electron chi connectivity index (χ3n) is 2.26. The maximum atomic E-state index is 11.3. The fourth-order valence-corrected chi connectivity index (χ4v) is 2.94. The first-order valence-corrected chi connectivity index (χ1v) is 8.63. The average Bonchev–Trinajstić information content (AvgIpc) is 2.36. The Kier molecular flexibility index (Phi) is 4.64. The highest BCUT2D eigenvalue weighted by Crippen LogP contribution is 2.22. The number of benzene rings is 1. The van der Waals surface area contributed by atoms with E-state index in [2.05, 4.69) is 4.98 Å². The highest BCUT2D eigenvalue weighted by molar-refractivity contribution is 14.1. The second-order valence-electron chi connectivity index (χ2n) is 3.68. The Hall–Kier alpha value is -0.860. The van der Waals surface area contributed by atoms with E-state index < -0.39 is 9.05 Å². The third-order valence-corrected chi connectivity index (χ3v) is 4.14. The highest BCUT2D eigenvalue weighted by atomic mass is 127. The Labute approximate surface area is 129 Å². The van der Waals surface area contributed by atoms with Gasteiger partial charge in [-0.3, -0.25) is 0 Å². The number of ether oxygens (including phenoxy) is 1. The molecule has 0 spiro atoms. The smallest absolute Gasteiger partial charge is 0.261 e. The van der Waals surface area contributed by atoms with Gasteiger partial charge in [-0.25, -0.2) is 13.4 Å². The minimum atomic E-state index is -3.78. The fourth-order valence-electron chi connectivity index (χ4n) is 1.40. The highest BCUT2D eigenvalue weighted by Gasteiger charge is 2.13. The lowest BCUT2D eigenvalue weighted by Gasteiger charge is -2.07. The largest absolute Gasteiger partial charge is 0.473 e. The van der Waals surface area contributed by atoms with Gasteiger partial charge in [0.25, 0.3) is 9.05 Å². The summed E-state index contributed by atoms with van der Waals surface area (Å²) in [5, 5.41) is 0. The van der Waals surface area contributed by atoms with Crippen LogP contribution in [-0.4, -0.2) is 13.4 Å². The van der Waals surface area contributed by atoms with E-state index in [1.165, 1.54) is 12.1 Å². The summed E-state index contributed by atoms with van der Waals surface area (Å²) in [5.74, 6) is 0.231. The van der Waals surface area contributed by atoms with Gasteiger partial charge in [0, 0.05) is 16.7 Å². The Bertz CT molecular complexity index is 677. The molecule has 0 aliphatic carbocycles. The molecule has 4 nitrogen and oxygen atoms in total. The summed E-state index contributed by atoms with van der Waals surface area (Å²) in [4.78, 5) is 4.09. The molecule has 0 atom stereocenters. The summed E-state index contributed by atoms with van der Waals surface area (Å²) in [7, 11) is 1.52. The van der Waals surface area contributed by atoms with Gasteiger partial charge >= 0.3 is 0 Å². The zero-order valence-corrected chi connectivity index (χ0v) is 13.3. The van der Waals surface area contributed by atoms with Gasteiger partial charge in [-0.1, -0.05) is 30.3 Å². The summed E-state index contributed by atoms with van der Waals surface area (Å²) >= 11 is 1.91. The standard InChI is InChI=1S/C12H9ClINO3S/c13-19(16,17)10-6-11(14)15-12(7-10)18-8-9-4-2-1-3-5-9/h1-7H,8H2. The quantitative estimate of drug-likeness (QED) is 0.442. The first-order chi connectivity index (χ1) is 8.95. The van der Waals surface area contributed by atoms with Gasteiger partial charge in [0.15, 0.2) is 0 Å². The van der Waals surface area contributed by atoms with Gasteiger partial charge in [-0.15, -0.1) is 0 Å². The molecular weight excluding hydrogens is 401 g/mol. The maximum absolute atomic E-state index is 11.3. The van der Waals surface area contributed by atoms with Crippen molar-refractivity contribution in [2.45, 2.75) is 11.5 Å². The van der Waals surface area contributed by atoms with Crippen molar-refractivity contribution in [2.24, 2.45) is 0 Å². The van der Waals surface area contributed by atoms with Crippen molar-refractivity contribution in [3.63, 3.8) is 0 Å². The Balaban J connectivity index is 2.19. The lowest BCUT2D eigenvalue weighted by atomic mass is 10.2. The molecule has 1 heterocycles. The van der Waals surface area contributed by atoms with Crippen LogP contribution < -0.4 is 4.74 Å². The van der Waals surface area contributed by atoms with E-state index in [9.17, 15) is 8.42 Å². The number of pyridine rings is 1. The van der Waals surface area contributed by atoms with Gasteiger partial charge in [0.1, 0.15) is 10.3 Å². The first-order valence-electron chi connectivity index (χ1n) is 5.24. The van der Waals surface area contributed by atoms with Crippen molar-refractivity contribution in [3.8, 4) is 5.88 Å². The zero-order chi connectivity index (χ0) is 13.9. The molecule has 19 heavy (non-hydrogen) atoms. The minimum Gasteiger partial charge on any atom is -0.473 e. The molecule has 0 unspecified atom stereocenters. The van der Waals surface area contributed by atoms with E-state index in [1.54, 1.807) is 0 Å². The van der Waals surface area contributed by atoms with E-state index in [0.29, 0.717) is 10.3 Å². The van der Waals surface area contributed by atoms with Crippen molar-refractivity contribution in [1.82, 2.24) is 4.98 Å². The Morgan fingerprint density at radius 1 is 1.21 bits per heavy atom. The van der Waals surface area contributed by atoms with Crippen LogP contribution in [0.4, 0.5) is 0 Å². The summed E-state index contributed by atoms with van der Waals surface area (Å²) in [6.45, 7) is 0.315. The minimum absolute atomic E-state index is 0.0170. The summed E-state index contributed by atoms with van der Waals surface area (Å²) in [5.41, 5.74) is 0.971. The summed E-state index contributed by atoms with van der Waals surface area (Å²) < 4.78 is 28.6. The molecule has 7 heteroatoms. The molecule has 0 radical (unpaired) electrons. The molecule has 0 bridgehead atoms. The van der Waals surface area contributed by atoms with Crippen LogP contribution in [0.25, 0.3) is 0 Å². The van der Waals surface area contributed by atoms with Crippen molar-refractivity contribution in [3.05, 3.63) is 51.7 Å². The predicted octanol–water partition coefficient (Wildman–Crippen LogP) is 3.19. The molecule has 0 saturated heterocycles. The van der Waals surface area contributed by atoms with E-state index in [-0.39, 0.29) is 10.8 Å². The van der Waals surface area contributed by atoms with E-state index >= 15 is 0 Å². The summed E-state index contributed by atoms with van der Waals surface area (Å²) in [6, 6.07) is 12.2. The molecule has 0 saturated carbocycles. The van der Waals surface area contributed by atoms with Crippen LogP contribution in [0.1, 0.15) is 5.56 Å². The molecule has 0 amide bonds. The van der Waals surface area contributed by atoms with E-state index in [0.717, 1.165) is 5.56 Å². The lowest BCUT2D eigenvalue weighted by Crippen LogP contribution is -2.00. The lowest BCUT2D eigenvalue weighted by molar-refractivity contribution is 0.292. The van der Waals surface area contributed by atoms with Crippen molar-refractivity contribution < 1.29 is 13.2 Å². The van der Waals surface area contributed by atoms with E-state index in [4.69, 9.17) is 15.4 Å². The number of aromatic nitrogens is 1. The Morgan fingerprint density at radius 2 is 1.89 bits per heavy atom. The fraction of sp³-hybridized carbons (Fsp3) is 0.0833. The number of hydrogen-bond acceptors (Lipinski definition) is 4. The molecule has 1 aromatic carbocycles. The Morgan fingerprint density at radius 3 is 2.53 bits per heavy atom. The van der Waals surface area contributed by atoms with Gasteiger partial charge in [0.2, 0.25) is 5.88 Å². The average molecular weight is 410 g/mol. The van der Waals surface area contributed by atoms with E-state index in [1.807, 2.05) is 52.9 Å². The molecule has 0 N–H and O–H groups in total. The zero-order valence-electron chi connectivity index (χ0n) is 9.58. The number of nitrogens with zero attached hydrogens (tertiary/aromatic N) is 1. The monoisotopic (exact) mass is 409 g/mol. The molecule has 0 fully saturated rings. The van der Waals surface area contributed by atoms with Gasteiger partial charge in [-0.05, 0) is 34.2 Å². The SMILES string of the molecule is O=S(=O)(Cl)c1cc(I)nc(OCc2ccccc2)c1. The molecule has 2 aromatic rings. The predicted molar refractivity (Wildman–Crippen MR) is 80.8 cm³/mol. The second kappa shape index (κ2) is 6.06. The molecule has 100 valence electrons. The van der Waals surface area contributed by atoms with Crippen LogP contribution in [0.15, 0.2) is 47.4 Å². The third kappa shape index (κ3) is 4.32. The van der Waals surface area contributed by atoms with Crippen molar-refractivity contribution >= 4 is 42.3 Å². The first kappa shape index (κ1) is 14.5. The van der Waals surface area contributed by atoms with Crippen LogP contribution in [0.3, 0.4) is 0 Å². The van der Waals surface area contributed by atoms with Crippen molar-refractivity contribution in [2.75, 3.05) is 0 Å². The normalized spacial score (nSPS) is 11.3. The van der Waals surface area contributed by atoms with Crippen LogP contribution >= 0.6 is 33.3 Å². The molecule has 2 rings (SSSR count). The van der Waals surface area contributed by atoms with Gasteiger partial charge < -0.3 is 4.74 Å². The molecule has 0 aliphatic heterocycles. The van der Waals surface area contributed by atoms with Gasteiger partial charge in [-0.2, -0.15) is 0 Å². The summed E-state index contributed by atoms with van der Waals surface area (Å²) in [6.07, 6.45) is 0. The van der Waals surface area contributed by atoms with Crippen LogP contribution in [0.5, 0.6) is 5.88 Å². The molecule has 0 aliphatic rings.